The highest BCUT2D eigenvalue weighted by Crippen LogP contribution is 2.30. The molecule has 1 aliphatic heterocycles. The van der Waals surface area contributed by atoms with Gasteiger partial charge < -0.3 is 19.3 Å². The average Bonchev–Trinajstić information content (AvgIpc) is 3.21. The van der Waals surface area contributed by atoms with Gasteiger partial charge in [0.1, 0.15) is 12.4 Å². The molecule has 0 aliphatic carbocycles. The van der Waals surface area contributed by atoms with Crippen LogP contribution in [0.4, 0.5) is 0 Å². The van der Waals surface area contributed by atoms with Crippen molar-refractivity contribution in [2.45, 2.75) is 58.2 Å². The quantitative estimate of drug-likeness (QED) is 0.388. The Labute approximate surface area is 214 Å². The molecule has 0 amide bonds. The van der Waals surface area contributed by atoms with Gasteiger partial charge in [-0.3, -0.25) is 9.58 Å². The number of ether oxygens (including phenoxy) is 3. The average molecular weight is 494 g/mol. The van der Waals surface area contributed by atoms with Crippen LogP contribution in [0.1, 0.15) is 42.4 Å². The summed E-state index contributed by atoms with van der Waals surface area (Å²) in [6.07, 6.45) is 7.14. The first-order valence-electron chi connectivity index (χ1n) is 12.9. The van der Waals surface area contributed by atoms with Crippen molar-refractivity contribution in [2.75, 3.05) is 33.4 Å². The standard InChI is InChI=1S/C29H39N3O4/c1-23-6-9-26(10-7-23)36-22-29(33)12-4-14-31(16-13-29)21-25-8-11-27(28(18-25)34-3)35-17-5-15-32-20-24(2)19-30-32/h6-11,18-20,33H,4-5,12-17,21-22H2,1-3H3. The maximum Gasteiger partial charge on any atom is 0.161 e. The zero-order valence-electron chi connectivity index (χ0n) is 21.8. The number of hydrogen-bond donors (Lipinski definition) is 1. The van der Waals surface area contributed by atoms with Crippen molar-refractivity contribution in [1.29, 1.82) is 0 Å². The number of nitrogens with zero attached hydrogens (tertiary/aromatic N) is 3. The third kappa shape index (κ3) is 7.48. The molecule has 1 N–H and O–H groups in total. The summed E-state index contributed by atoms with van der Waals surface area (Å²) in [5.41, 5.74) is 2.73. The van der Waals surface area contributed by atoms with Gasteiger partial charge in [-0.25, -0.2) is 0 Å². The van der Waals surface area contributed by atoms with Crippen LogP contribution in [0.2, 0.25) is 0 Å². The van der Waals surface area contributed by atoms with Gasteiger partial charge in [-0.1, -0.05) is 23.8 Å². The van der Waals surface area contributed by atoms with Crippen molar-refractivity contribution in [2.24, 2.45) is 0 Å². The van der Waals surface area contributed by atoms with Gasteiger partial charge in [0, 0.05) is 32.3 Å². The van der Waals surface area contributed by atoms with E-state index in [1.807, 2.05) is 54.3 Å². The molecule has 1 fully saturated rings. The Hall–Kier alpha value is -3.03. The Morgan fingerprint density at radius 1 is 0.972 bits per heavy atom. The molecule has 1 atom stereocenters. The lowest BCUT2D eigenvalue weighted by Gasteiger charge is -2.27. The summed E-state index contributed by atoms with van der Waals surface area (Å²) in [5.74, 6) is 2.32. The molecule has 0 bridgehead atoms. The van der Waals surface area contributed by atoms with E-state index in [4.69, 9.17) is 14.2 Å². The molecule has 4 rings (SSSR count). The second kappa shape index (κ2) is 12.3. The predicted molar refractivity (Wildman–Crippen MR) is 141 cm³/mol. The molecule has 1 unspecified atom stereocenters. The fourth-order valence-corrected chi connectivity index (χ4v) is 4.58. The molecule has 3 aromatic rings. The fraction of sp³-hybridized carbons (Fsp3) is 0.483. The maximum atomic E-state index is 11.2. The van der Waals surface area contributed by atoms with E-state index in [1.165, 1.54) is 11.1 Å². The fourth-order valence-electron chi connectivity index (χ4n) is 4.58. The monoisotopic (exact) mass is 493 g/mol. The Bertz CT molecular complexity index is 1100. The van der Waals surface area contributed by atoms with E-state index in [0.29, 0.717) is 19.6 Å². The molecule has 1 saturated heterocycles. The first kappa shape index (κ1) is 26.0. The van der Waals surface area contributed by atoms with Gasteiger partial charge in [-0.05, 0) is 75.0 Å². The second-order valence-corrected chi connectivity index (χ2v) is 9.92. The second-order valence-electron chi connectivity index (χ2n) is 9.92. The lowest BCUT2D eigenvalue weighted by molar-refractivity contribution is -0.0168. The van der Waals surface area contributed by atoms with Gasteiger partial charge in [0.15, 0.2) is 11.5 Å². The summed E-state index contributed by atoms with van der Waals surface area (Å²) >= 11 is 0. The summed E-state index contributed by atoms with van der Waals surface area (Å²) in [4.78, 5) is 2.39. The van der Waals surface area contributed by atoms with E-state index < -0.39 is 5.60 Å². The van der Waals surface area contributed by atoms with Gasteiger partial charge in [0.05, 0.1) is 25.5 Å². The molecule has 0 radical (unpaired) electrons. The van der Waals surface area contributed by atoms with Crippen molar-refractivity contribution >= 4 is 0 Å². The summed E-state index contributed by atoms with van der Waals surface area (Å²) in [5, 5.41) is 15.5. The Kier molecular flexibility index (Phi) is 8.88. The van der Waals surface area contributed by atoms with Crippen LogP contribution in [0.3, 0.4) is 0 Å². The van der Waals surface area contributed by atoms with Gasteiger partial charge in [0.25, 0.3) is 0 Å². The third-order valence-corrected chi connectivity index (χ3v) is 6.72. The van der Waals surface area contributed by atoms with Crippen LogP contribution in [-0.2, 0) is 13.1 Å². The van der Waals surface area contributed by atoms with Crippen LogP contribution >= 0.6 is 0 Å². The van der Waals surface area contributed by atoms with Crippen molar-refractivity contribution in [3.8, 4) is 17.2 Å². The highest BCUT2D eigenvalue weighted by Gasteiger charge is 2.31. The Morgan fingerprint density at radius 2 is 1.81 bits per heavy atom. The molecule has 2 aromatic carbocycles. The molecule has 0 saturated carbocycles. The first-order chi connectivity index (χ1) is 17.4. The molecule has 7 heteroatoms. The van der Waals surface area contributed by atoms with E-state index in [0.717, 1.165) is 68.3 Å². The predicted octanol–water partition coefficient (Wildman–Crippen LogP) is 4.77. The zero-order chi connectivity index (χ0) is 25.4. The van der Waals surface area contributed by atoms with Gasteiger partial charge in [-0.15, -0.1) is 0 Å². The maximum absolute atomic E-state index is 11.2. The molecule has 1 aliphatic rings. The lowest BCUT2D eigenvalue weighted by atomic mass is 9.96. The van der Waals surface area contributed by atoms with Crippen molar-refractivity contribution < 1.29 is 19.3 Å². The van der Waals surface area contributed by atoms with E-state index in [-0.39, 0.29) is 0 Å². The van der Waals surface area contributed by atoms with E-state index in [2.05, 4.69) is 29.1 Å². The number of aryl methyl sites for hydroxylation is 3. The lowest BCUT2D eigenvalue weighted by Crippen LogP contribution is -2.37. The molecule has 36 heavy (non-hydrogen) atoms. The van der Waals surface area contributed by atoms with Crippen LogP contribution in [0, 0.1) is 13.8 Å². The molecule has 194 valence electrons. The summed E-state index contributed by atoms with van der Waals surface area (Å²) in [7, 11) is 1.68. The molecule has 0 spiro atoms. The van der Waals surface area contributed by atoms with Gasteiger partial charge in [-0.2, -0.15) is 5.10 Å². The van der Waals surface area contributed by atoms with Crippen molar-refractivity contribution in [3.05, 3.63) is 71.5 Å². The number of methoxy groups -OCH3 is 1. The minimum absolute atomic E-state index is 0.323. The molecular formula is C29H39N3O4. The number of likely N-dealkylation sites (tertiary alicyclic amines) is 1. The minimum atomic E-state index is -0.802. The Morgan fingerprint density at radius 3 is 2.56 bits per heavy atom. The van der Waals surface area contributed by atoms with E-state index >= 15 is 0 Å². The summed E-state index contributed by atoms with van der Waals surface area (Å²) in [6.45, 7) is 8.42. The number of rotatable bonds is 11. The summed E-state index contributed by atoms with van der Waals surface area (Å²) in [6, 6.07) is 14.1. The molecule has 7 nitrogen and oxygen atoms in total. The highest BCUT2D eigenvalue weighted by atomic mass is 16.5. The largest absolute Gasteiger partial charge is 0.493 e. The number of aromatic nitrogens is 2. The smallest absolute Gasteiger partial charge is 0.161 e. The van der Waals surface area contributed by atoms with Crippen LogP contribution in [0.15, 0.2) is 54.9 Å². The highest BCUT2D eigenvalue weighted by molar-refractivity contribution is 5.43. The van der Waals surface area contributed by atoms with Crippen LogP contribution in [-0.4, -0.2) is 58.8 Å². The van der Waals surface area contributed by atoms with Crippen LogP contribution in [0.25, 0.3) is 0 Å². The van der Waals surface area contributed by atoms with Gasteiger partial charge >= 0.3 is 0 Å². The van der Waals surface area contributed by atoms with E-state index in [9.17, 15) is 5.11 Å². The molecule has 1 aromatic heterocycles. The summed E-state index contributed by atoms with van der Waals surface area (Å²) < 4.78 is 19.5. The van der Waals surface area contributed by atoms with Crippen molar-refractivity contribution in [1.82, 2.24) is 14.7 Å². The van der Waals surface area contributed by atoms with Crippen LogP contribution in [0.5, 0.6) is 17.2 Å². The number of aliphatic hydroxyl groups is 1. The third-order valence-electron chi connectivity index (χ3n) is 6.72. The van der Waals surface area contributed by atoms with Crippen LogP contribution < -0.4 is 14.2 Å². The van der Waals surface area contributed by atoms with E-state index in [1.54, 1.807) is 7.11 Å². The van der Waals surface area contributed by atoms with Gasteiger partial charge in [0.2, 0.25) is 0 Å². The Balaban J connectivity index is 1.25. The zero-order valence-corrected chi connectivity index (χ0v) is 21.8. The SMILES string of the molecule is COc1cc(CN2CCCC(O)(COc3ccc(C)cc3)CC2)ccc1OCCCn1cc(C)cn1. The normalized spacial score (nSPS) is 18.6. The first-order valence-corrected chi connectivity index (χ1v) is 12.9. The number of benzene rings is 2. The molecule has 2 heterocycles. The van der Waals surface area contributed by atoms with Crippen molar-refractivity contribution in [3.63, 3.8) is 0 Å². The minimum Gasteiger partial charge on any atom is -0.493 e. The molecular weight excluding hydrogens is 454 g/mol. The topological polar surface area (TPSA) is 69.0 Å². The number of hydrogen-bond acceptors (Lipinski definition) is 6.